The molecular formula is C13H14N2O3S2. The van der Waals surface area contributed by atoms with Crippen molar-refractivity contribution in [3.8, 4) is 0 Å². The van der Waals surface area contributed by atoms with E-state index in [9.17, 15) is 9.59 Å². The van der Waals surface area contributed by atoms with E-state index in [2.05, 4.69) is 4.98 Å². The van der Waals surface area contributed by atoms with E-state index in [0.717, 1.165) is 37.4 Å². The second-order valence-electron chi connectivity index (χ2n) is 4.83. The molecule has 2 aromatic rings. The fourth-order valence-corrected chi connectivity index (χ4v) is 4.21. The minimum absolute atomic E-state index is 0.0314. The van der Waals surface area contributed by atoms with Crippen LogP contribution < -0.4 is 5.56 Å². The van der Waals surface area contributed by atoms with Crippen molar-refractivity contribution in [3.63, 3.8) is 0 Å². The fourth-order valence-electron chi connectivity index (χ4n) is 2.62. The van der Waals surface area contributed by atoms with Crippen LogP contribution >= 0.6 is 23.1 Å². The molecular weight excluding hydrogens is 296 g/mol. The maximum absolute atomic E-state index is 12.6. The number of rotatable bonds is 4. The van der Waals surface area contributed by atoms with Gasteiger partial charge in [0.05, 0.1) is 11.1 Å². The first-order valence-corrected chi connectivity index (χ1v) is 8.37. The number of thiophene rings is 1. The van der Waals surface area contributed by atoms with Crippen molar-refractivity contribution in [2.45, 2.75) is 36.9 Å². The first-order chi connectivity index (χ1) is 9.66. The Hall–Kier alpha value is -1.34. The number of aliphatic carboxylic acids is 1. The van der Waals surface area contributed by atoms with Gasteiger partial charge in [0, 0.05) is 6.04 Å². The van der Waals surface area contributed by atoms with E-state index in [4.69, 9.17) is 5.11 Å². The van der Waals surface area contributed by atoms with Crippen molar-refractivity contribution in [1.29, 1.82) is 0 Å². The molecule has 1 aliphatic carbocycles. The van der Waals surface area contributed by atoms with Crippen LogP contribution in [0.1, 0.15) is 31.7 Å². The zero-order valence-corrected chi connectivity index (χ0v) is 12.4. The zero-order chi connectivity index (χ0) is 14.1. The molecule has 2 aromatic heterocycles. The molecule has 0 saturated heterocycles. The Morgan fingerprint density at radius 2 is 2.25 bits per heavy atom. The molecule has 1 N–H and O–H groups in total. The van der Waals surface area contributed by atoms with Crippen LogP contribution in [-0.2, 0) is 4.79 Å². The van der Waals surface area contributed by atoms with Crippen molar-refractivity contribution < 1.29 is 9.90 Å². The van der Waals surface area contributed by atoms with Crippen molar-refractivity contribution in [3.05, 3.63) is 21.8 Å². The Bertz CT molecular complexity index is 701. The Kier molecular flexibility index (Phi) is 3.80. The molecule has 0 amide bonds. The van der Waals surface area contributed by atoms with Crippen LogP contribution in [-0.4, -0.2) is 26.4 Å². The SMILES string of the molecule is O=C(O)CSc1nc2sccc2c(=O)n1C1CCCC1. The van der Waals surface area contributed by atoms with Crippen molar-refractivity contribution in [2.75, 3.05) is 5.75 Å². The number of hydrogen-bond donors (Lipinski definition) is 1. The summed E-state index contributed by atoms with van der Waals surface area (Å²) in [6.07, 6.45) is 4.17. The molecule has 5 nitrogen and oxygen atoms in total. The molecule has 2 heterocycles. The monoisotopic (exact) mass is 310 g/mol. The van der Waals surface area contributed by atoms with Crippen LogP contribution in [0.15, 0.2) is 21.4 Å². The second-order valence-corrected chi connectivity index (χ2v) is 6.67. The number of fused-ring (bicyclic) bond motifs is 1. The normalized spacial score (nSPS) is 16.0. The third-order valence-electron chi connectivity index (χ3n) is 3.51. The van der Waals surface area contributed by atoms with Crippen LogP contribution in [0.5, 0.6) is 0 Å². The molecule has 1 saturated carbocycles. The van der Waals surface area contributed by atoms with Gasteiger partial charge in [-0.05, 0) is 24.3 Å². The molecule has 0 radical (unpaired) electrons. The number of nitrogens with zero attached hydrogens (tertiary/aromatic N) is 2. The summed E-state index contributed by atoms with van der Waals surface area (Å²) >= 11 is 2.55. The number of carboxylic acids is 1. The van der Waals surface area contributed by atoms with E-state index < -0.39 is 5.97 Å². The van der Waals surface area contributed by atoms with E-state index >= 15 is 0 Å². The van der Waals surface area contributed by atoms with Gasteiger partial charge in [0.25, 0.3) is 5.56 Å². The van der Waals surface area contributed by atoms with Gasteiger partial charge in [0.1, 0.15) is 4.83 Å². The van der Waals surface area contributed by atoms with Crippen molar-refractivity contribution in [2.24, 2.45) is 0 Å². The number of hydrogen-bond acceptors (Lipinski definition) is 5. The van der Waals surface area contributed by atoms with Crippen LogP contribution in [0.3, 0.4) is 0 Å². The first kappa shape index (κ1) is 13.6. The molecule has 0 unspecified atom stereocenters. The number of carbonyl (C=O) groups is 1. The van der Waals surface area contributed by atoms with E-state index in [1.54, 1.807) is 10.6 Å². The number of thioether (sulfide) groups is 1. The lowest BCUT2D eigenvalue weighted by Gasteiger charge is -2.17. The predicted molar refractivity (Wildman–Crippen MR) is 79.7 cm³/mol. The Labute approximate surface area is 123 Å². The van der Waals surface area contributed by atoms with Gasteiger partial charge in [-0.15, -0.1) is 11.3 Å². The maximum atomic E-state index is 12.6. The van der Waals surface area contributed by atoms with Crippen LogP contribution in [0.25, 0.3) is 10.2 Å². The Morgan fingerprint density at radius 3 is 2.95 bits per heavy atom. The molecule has 0 atom stereocenters. The molecule has 20 heavy (non-hydrogen) atoms. The Morgan fingerprint density at radius 1 is 1.50 bits per heavy atom. The summed E-state index contributed by atoms with van der Waals surface area (Å²) in [4.78, 5) is 28.6. The van der Waals surface area contributed by atoms with Gasteiger partial charge in [-0.2, -0.15) is 0 Å². The topological polar surface area (TPSA) is 72.2 Å². The van der Waals surface area contributed by atoms with Gasteiger partial charge < -0.3 is 5.11 Å². The molecule has 0 bridgehead atoms. The quantitative estimate of drug-likeness (QED) is 0.694. The minimum Gasteiger partial charge on any atom is -0.481 e. The summed E-state index contributed by atoms with van der Waals surface area (Å²) in [5, 5.41) is 11.9. The van der Waals surface area contributed by atoms with Crippen molar-refractivity contribution >= 4 is 39.3 Å². The average Bonchev–Trinajstić information content (AvgIpc) is 3.06. The first-order valence-electron chi connectivity index (χ1n) is 6.51. The molecule has 0 aliphatic heterocycles. The highest BCUT2D eigenvalue weighted by molar-refractivity contribution is 7.99. The number of aromatic nitrogens is 2. The van der Waals surface area contributed by atoms with E-state index in [1.807, 2.05) is 5.38 Å². The molecule has 7 heteroatoms. The largest absolute Gasteiger partial charge is 0.481 e. The van der Waals surface area contributed by atoms with Crippen molar-refractivity contribution in [1.82, 2.24) is 9.55 Å². The summed E-state index contributed by atoms with van der Waals surface area (Å²) in [5.41, 5.74) is -0.0314. The smallest absolute Gasteiger partial charge is 0.313 e. The van der Waals surface area contributed by atoms with Gasteiger partial charge in [-0.25, -0.2) is 4.98 Å². The summed E-state index contributed by atoms with van der Waals surface area (Å²) in [5.74, 6) is -0.968. The van der Waals surface area contributed by atoms with Gasteiger partial charge in [-0.3, -0.25) is 14.2 Å². The minimum atomic E-state index is -0.895. The van der Waals surface area contributed by atoms with Crippen LogP contribution in [0.2, 0.25) is 0 Å². The summed E-state index contributed by atoms with van der Waals surface area (Å²) in [6.45, 7) is 0. The molecule has 3 rings (SSSR count). The van der Waals surface area contributed by atoms with Gasteiger partial charge in [-0.1, -0.05) is 24.6 Å². The third kappa shape index (κ3) is 2.47. The lowest BCUT2D eigenvalue weighted by molar-refractivity contribution is -0.133. The highest BCUT2D eigenvalue weighted by Gasteiger charge is 2.23. The lowest BCUT2D eigenvalue weighted by Crippen LogP contribution is -2.26. The standard InChI is InChI=1S/C13H14N2O3S2/c16-10(17)7-20-13-14-11-9(5-6-19-11)12(18)15(13)8-3-1-2-4-8/h5-6,8H,1-4,7H2,(H,16,17). The Balaban J connectivity index is 2.11. The molecule has 1 aliphatic rings. The lowest BCUT2D eigenvalue weighted by atomic mass is 10.2. The fraction of sp³-hybridized carbons (Fsp3) is 0.462. The van der Waals surface area contributed by atoms with Gasteiger partial charge in [0.2, 0.25) is 0 Å². The maximum Gasteiger partial charge on any atom is 0.313 e. The molecule has 0 spiro atoms. The van der Waals surface area contributed by atoms with E-state index in [0.29, 0.717) is 15.4 Å². The summed E-state index contributed by atoms with van der Waals surface area (Å²) in [6, 6.07) is 1.96. The second kappa shape index (κ2) is 5.57. The predicted octanol–water partition coefficient (Wildman–Crippen LogP) is 2.75. The molecule has 106 valence electrons. The van der Waals surface area contributed by atoms with Crippen LogP contribution in [0, 0.1) is 0 Å². The van der Waals surface area contributed by atoms with Crippen LogP contribution in [0.4, 0.5) is 0 Å². The summed E-state index contributed by atoms with van der Waals surface area (Å²) in [7, 11) is 0. The molecule has 0 aromatic carbocycles. The molecule has 1 fully saturated rings. The third-order valence-corrected chi connectivity index (χ3v) is 5.26. The van der Waals surface area contributed by atoms with E-state index in [1.165, 1.54) is 11.3 Å². The van der Waals surface area contributed by atoms with Gasteiger partial charge >= 0.3 is 5.97 Å². The number of carboxylic acid groups (broad SMARTS) is 1. The van der Waals surface area contributed by atoms with E-state index in [-0.39, 0.29) is 17.4 Å². The average molecular weight is 310 g/mol. The highest BCUT2D eigenvalue weighted by atomic mass is 32.2. The highest BCUT2D eigenvalue weighted by Crippen LogP contribution is 2.32. The summed E-state index contributed by atoms with van der Waals surface area (Å²) < 4.78 is 1.72. The van der Waals surface area contributed by atoms with Gasteiger partial charge in [0.15, 0.2) is 5.16 Å². The zero-order valence-electron chi connectivity index (χ0n) is 10.7.